The van der Waals surface area contributed by atoms with E-state index in [1.807, 2.05) is 26.0 Å². The SMILES string of the molecule is C=C(/N=C(\C(F)=C/C)N(C)/C=C(/CO)C(=C)C)Nc1cc(C)c(OCCO)c(C)c1. The number of nitrogens with zero attached hydrogens (tertiary/aromatic N) is 2. The largest absolute Gasteiger partial charge is 0.491 e. The summed E-state index contributed by atoms with van der Waals surface area (Å²) in [5, 5.41) is 21.5. The van der Waals surface area contributed by atoms with Crippen LogP contribution in [0.5, 0.6) is 5.75 Å². The van der Waals surface area contributed by atoms with Crippen LogP contribution in [-0.4, -0.2) is 47.8 Å². The summed E-state index contributed by atoms with van der Waals surface area (Å²) in [6.45, 7) is 14.8. The standard InChI is InChI=1S/C23H32FN3O3/c1-8-21(24)23(27(7)13-19(14-29)15(2)3)26-18(6)25-20-11-16(4)22(17(5)12-20)30-10-9-28/h8,11-13,25,28-29H,2,6,9-10,14H2,1,3-5,7H3/b19-13-,21-8+,26-23+. The number of hydrogen-bond donors (Lipinski definition) is 3. The predicted octanol–water partition coefficient (Wildman–Crippen LogP) is 4.21. The molecule has 3 N–H and O–H groups in total. The number of hydrogen-bond acceptors (Lipinski definition) is 5. The number of aliphatic imine (C=N–C) groups is 1. The molecule has 0 aliphatic rings. The van der Waals surface area contributed by atoms with E-state index in [9.17, 15) is 9.50 Å². The number of benzene rings is 1. The Morgan fingerprint density at radius 1 is 1.27 bits per heavy atom. The highest BCUT2D eigenvalue weighted by Crippen LogP contribution is 2.28. The molecule has 0 fully saturated rings. The van der Waals surface area contributed by atoms with Gasteiger partial charge in [-0.05, 0) is 62.6 Å². The van der Waals surface area contributed by atoms with Crippen molar-refractivity contribution in [3.63, 3.8) is 0 Å². The smallest absolute Gasteiger partial charge is 0.170 e. The van der Waals surface area contributed by atoms with Crippen LogP contribution in [-0.2, 0) is 0 Å². The van der Waals surface area contributed by atoms with Crippen LogP contribution < -0.4 is 10.1 Å². The maximum atomic E-state index is 14.5. The van der Waals surface area contributed by atoms with Gasteiger partial charge in [0, 0.05) is 18.9 Å². The van der Waals surface area contributed by atoms with E-state index in [0.29, 0.717) is 16.9 Å². The number of rotatable bonds is 10. The van der Waals surface area contributed by atoms with Crippen molar-refractivity contribution in [1.82, 2.24) is 4.90 Å². The molecule has 0 radical (unpaired) electrons. The van der Waals surface area contributed by atoms with Crippen molar-refractivity contribution < 1.29 is 19.3 Å². The van der Waals surface area contributed by atoms with Crippen LogP contribution in [0.25, 0.3) is 0 Å². The lowest BCUT2D eigenvalue weighted by Gasteiger charge is -2.19. The molecule has 1 aromatic carbocycles. The zero-order valence-electron chi connectivity index (χ0n) is 18.4. The van der Waals surface area contributed by atoms with Crippen molar-refractivity contribution in [3.8, 4) is 5.75 Å². The number of halogens is 1. The zero-order valence-corrected chi connectivity index (χ0v) is 18.4. The summed E-state index contributed by atoms with van der Waals surface area (Å²) in [4.78, 5) is 5.77. The summed E-state index contributed by atoms with van der Waals surface area (Å²) in [5.41, 5.74) is 3.74. The van der Waals surface area contributed by atoms with Crippen LogP contribution >= 0.6 is 0 Å². The fourth-order valence-electron chi connectivity index (χ4n) is 2.73. The van der Waals surface area contributed by atoms with Crippen LogP contribution in [0.1, 0.15) is 25.0 Å². The Bertz CT molecular complexity index is 849. The second kappa shape index (κ2) is 11.9. The molecular weight excluding hydrogens is 385 g/mol. The van der Waals surface area contributed by atoms with Gasteiger partial charge in [0.15, 0.2) is 11.7 Å². The Labute approximate surface area is 178 Å². The lowest BCUT2D eigenvalue weighted by Crippen LogP contribution is -2.23. The fourth-order valence-corrected chi connectivity index (χ4v) is 2.73. The fraction of sp³-hybridized carbons (Fsp3) is 0.348. The van der Waals surface area contributed by atoms with Gasteiger partial charge >= 0.3 is 0 Å². The number of nitrogens with one attached hydrogen (secondary N) is 1. The van der Waals surface area contributed by atoms with Crippen molar-refractivity contribution >= 4 is 11.5 Å². The molecule has 0 unspecified atom stereocenters. The lowest BCUT2D eigenvalue weighted by atomic mass is 10.1. The van der Waals surface area contributed by atoms with Gasteiger partial charge in [-0.1, -0.05) is 18.7 Å². The number of allylic oxidation sites excluding steroid dienone is 1. The van der Waals surface area contributed by atoms with Crippen LogP contribution in [0.4, 0.5) is 10.1 Å². The van der Waals surface area contributed by atoms with Gasteiger partial charge in [-0.3, -0.25) is 0 Å². The Kier molecular flexibility index (Phi) is 10.0. The lowest BCUT2D eigenvalue weighted by molar-refractivity contribution is 0.200. The minimum Gasteiger partial charge on any atom is -0.491 e. The van der Waals surface area contributed by atoms with Gasteiger partial charge in [-0.2, -0.15) is 0 Å². The van der Waals surface area contributed by atoms with E-state index in [0.717, 1.165) is 16.8 Å². The quantitative estimate of drug-likeness (QED) is 0.302. The molecule has 0 spiro atoms. The molecule has 1 rings (SSSR count). The molecule has 0 saturated heterocycles. The van der Waals surface area contributed by atoms with Gasteiger partial charge in [0.2, 0.25) is 0 Å². The Morgan fingerprint density at radius 3 is 2.33 bits per heavy atom. The van der Waals surface area contributed by atoms with Gasteiger partial charge in [-0.25, -0.2) is 9.38 Å². The van der Waals surface area contributed by atoms with Crippen molar-refractivity contribution in [2.75, 3.05) is 32.2 Å². The molecule has 0 amide bonds. The molecule has 0 atom stereocenters. The Hall–Kier alpha value is -2.90. The number of aliphatic hydroxyl groups excluding tert-OH is 2. The molecule has 0 bridgehead atoms. The van der Waals surface area contributed by atoms with Crippen molar-refractivity contribution in [3.05, 3.63) is 71.5 Å². The van der Waals surface area contributed by atoms with Gasteiger partial charge in [0.1, 0.15) is 18.2 Å². The summed E-state index contributed by atoms with van der Waals surface area (Å²) in [6, 6.07) is 3.72. The summed E-state index contributed by atoms with van der Waals surface area (Å²) in [6.07, 6.45) is 2.89. The van der Waals surface area contributed by atoms with E-state index >= 15 is 0 Å². The molecule has 6 nitrogen and oxygen atoms in total. The second-order valence-corrected chi connectivity index (χ2v) is 6.86. The minimum absolute atomic E-state index is 0.0403. The molecule has 0 saturated carbocycles. The normalized spacial score (nSPS) is 12.6. The third kappa shape index (κ3) is 7.17. The topological polar surface area (TPSA) is 77.3 Å². The third-order valence-electron chi connectivity index (χ3n) is 4.20. The number of aryl methyl sites for hydroxylation is 2. The van der Waals surface area contributed by atoms with Gasteiger partial charge < -0.3 is 25.2 Å². The molecule has 164 valence electrons. The number of aliphatic hydroxyl groups is 2. The number of amidine groups is 1. The monoisotopic (exact) mass is 417 g/mol. The van der Waals surface area contributed by atoms with E-state index in [1.54, 1.807) is 27.1 Å². The molecule has 1 aromatic rings. The summed E-state index contributed by atoms with van der Waals surface area (Å²) >= 11 is 0. The number of ether oxygens (including phenoxy) is 1. The van der Waals surface area contributed by atoms with Gasteiger partial charge in [0.25, 0.3) is 0 Å². The molecule has 0 aromatic heterocycles. The van der Waals surface area contributed by atoms with E-state index in [-0.39, 0.29) is 31.5 Å². The highest BCUT2D eigenvalue weighted by Gasteiger charge is 2.13. The van der Waals surface area contributed by atoms with E-state index in [2.05, 4.69) is 23.5 Å². The molecule has 0 aliphatic heterocycles. The average molecular weight is 418 g/mol. The van der Waals surface area contributed by atoms with Crippen LogP contribution in [0.15, 0.2) is 65.4 Å². The number of likely N-dealkylation sites (N-methyl/N-ethyl adjacent to an activating group) is 1. The molecular formula is C23H32FN3O3. The van der Waals surface area contributed by atoms with Crippen LogP contribution in [0.3, 0.4) is 0 Å². The van der Waals surface area contributed by atoms with Gasteiger partial charge in [0.05, 0.1) is 13.2 Å². The first-order chi connectivity index (χ1) is 14.1. The molecule has 0 heterocycles. The van der Waals surface area contributed by atoms with E-state index in [4.69, 9.17) is 9.84 Å². The molecule has 7 heteroatoms. The maximum Gasteiger partial charge on any atom is 0.170 e. The predicted molar refractivity (Wildman–Crippen MR) is 121 cm³/mol. The first-order valence-electron chi connectivity index (χ1n) is 9.56. The van der Waals surface area contributed by atoms with Crippen LogP contribution in [0.2, 0.25) is 0 Å². The summed E-state index contributed by atoms with van der Waals surface area (Å²) in [7, 11) is 1.63. The van der Waals surface area contributed by atoms with Crippen molar-refractivity contribution in [2.45, 2.75) is 27.7 Å². The molecule has 30 heavy (non-hydrogen) atoms. The highest BCUT2D eigenvalue weighted by atomic mass is 19.1. The summed E-state index contributed by atoms with van der Waals surface area (Å²) < 4.78 is 20.0. The first-order valence-corrected chi connectivity index (χ1v) is 9.56. The van der Waals surface area contributed by atoms with Crippen molar-refractivity contribution in [1.29, 1.82) is 0 Å². The highest BCUT2D eigenvalue weighted by molar-refractivity contribution is 5.97. The van der Waals surface area contributed by atoms with E-state index < -0.39 is 5.83 Å². The van der Waals surface area contributed by atoms with E-state index in [1.165, 1.54) is 11.0 Å². The molecule has 0 aliphatic carbocycles. The number of anilines is 1. The van der Waals surface area contributed by atoms with Crippen LogP contribution in [0, 0.1) is 13.8 Å². The maximum absolute atomic E-state index is 14.5. The Balaban J connectivity index is 3.16. The third-order valence-corrected chi connectivity index (χ3v) is 4.20. The summed E-state index contributed by atoms with van der Waals surface area (Å²) in [5.74, 6) is 0.464. The van der Waals surface area contributed by atoms with Gasteiger partial charge in [-0.15, -0.1) is 0 Å². The minimum atomic E-state index is -0.532. The second-order valence-electron chi connectivity index (χ2n) is 6.86. The van der Waals surface area contributed by atoms with Crippen molar-refractivity contribution in [2.24, 2.45) is 4.99 Å². The zero-order chi connectivity index (χ0) is 22.8. The average Bonchev–Trinajstić information content (AvgIpc) is 2.68. The first kappa shape index (κ1) is 25.1. The Morgan fingerprint density at radius 2 is 1.87 bits per heavy atom.